The summed E-state index contributed by atoms with van der Waals surface area (Å²) in [6.45, 7) is 3.14. The Morgan fingerprint density at radius 3 is 2.62 bits per heavy atom. The standard InChI is InChI=1S/C17H26N2O2/c1-13-5-3-4-6-16(13)19-17(20)12-21-15-9-7-14(8-10-15)11-18-2/h7-10,13,16,18H,3-6,11-12H2,1-2H3,(H,19,20). The number of benzene rings is 1. The van der Waals surface area contributed by atoms with E-state index in [0.29, 0.717) is 12.0 Å². The van der Waals surface area contributed by atoms with Crippen LogP contribution in [0.5, 0.6) is 5.75 Å². The average Bonchev–Trinajstić information content (AvgIpc) is 2.49. The first kappa shape index (κ1) is 15.8. The highest BCUT2D eigenvalue weighted by Gasteiger charge is 2.22. The Kier molecular flexibility index (Phi) is 6.05. The first-order chi connectivity index (χ1) is 10.2. The van der Waals surface area contributed by atoms with Gasteiger partial charge in [0.05, 0.1) is 0 Å². The van der Waals surface area contributed by atoms with Gasteiger partial charge in [-0.05, 0) is 43.5 Å². The van der Waals surface area contributed by atoms with Crippen molar-refractivity contribution in [2.45, 2.75) is 45.2 Å². The number of hydrogen-bond donors (Lipinski definition) is 2. The lowest BCUT2D eigenvalue weighted by Crippen LogP contribution is -2.43. The van der Waals surface area contributed by atoms with Crippen molar-refractivity contribution in [3.8, 4) is 5.75 Å². The van der Waals surface area contributed by atoms with E-state index in [1.807, 2.05) is 31.3 Å². The van der Waals surface area contributed by atoms with Gasteiger partial charge in [-0.15, -0.1) is 0 Å². The van der Waals surface area contributed by atoms with Gasteiger partial charge in [0.15, 0.2) is 6.61 Å². The van der Waals surface area contributed by atoms with Gasteiger partial charge in [-0.1, -0.05) is 31.9 Å². The van der Waals surface area contributed by atoms with Crippen molar-refractivity contribution >= 4 is 5.91 Å². The molecule has 2 rings (SSSR count). The smallest absolute Gasteiger partial charge is 0.258 e. The van der Waals surface area contributed by atoms with Crippen LogP contribution in [0.15, 0.2) is 24.3 Å². The Balaban J connectivity index is 1.75. The van der Waals surface area contributed by atoms with E-state index in [9.17, 15) is 4.79 Å². The molecular formula is C17H26N2O2. The topological polar surface area (TPSA) is 50.4 Å². The molecule has 0 aliphatic heterocycles. The molecule has 1 amide bonds. The Hall–Kier alpha value is -1.55. The third-order valence-electron chi connectivity index (χ3n) is 4.13. The van der Waals surface area contributed by atoms with Crippen molar-refractivity contribution in [3.05, 3.63) is 29.8 Å². The molecule has 2 unspecified atom stereocenters. The maximum atomic E-state index is 12.0. The summed E-state index contributed by atoms with van der Waals surface area (Å²) >= 11 is 0. The fourth-order valence-electron chi connectivity index (χ4n) is 2.84. The zero-order valence-electron chi connectivity index (χ0n) is 13.0. The Labute approximate surface area is 127 Å². The van der Waals surface area contributed by atoms with E-state index in [4.69, 9.17) is 4.74 Å². The van der Waals surface area contributed by atoms with E-state index >= 15 is 0 Å². The molecule has 0 spiro atoms. The molecule has 116 valence electrons. The minimum Gasteiger partial charge on any atom is -0.484 e. The van der Waals surface area contributed by atoms with Crippen LogP contribution >= 0.6 is 0 Å². The fourth-order valence-corrected chi connectivity index (χ4v) is 2.84. The predicted octanol–water partition coefficient (Wildman–Crippen LogP) is 2.48. The van der Waals surface area contributed by atoms with Crippen LogP contribution in [0.1, 0.15) is 38.2 Å². The van der Waals surface area contributed by atoms with E-state index < -0.39 is 0 Å². The third-order valence-corrected chi connectivity index (χ3v) is 4.13. The fraction of sp³-hybridized carbons (Fsp3) is 0.588. The van der Waals surface area contributed by atoms with Crippen molar-refractivity contribution in [1.29, 1.82) is 0 Å². The maximum absolute atomic E-state index is 12.0. The van der Waals surface area contributed by atoms with Gasteiger partial charge in [0.2, 0.25) is 0 Å². The molecule has 0 aromatic heterocycles. The first-order valence-corrected chi connectivity index (χ1v) is 7.84. The second-order valence-corrected chi connectivity index (χ2v) is 5.90. The van der Waals surface area contributed by atoms with E-state index in [1.54, 1.807) is 0 Å². The van der Waals surface area contributed by atoms with Crippen molar-refractivity contribution in [2.24, 2.45) is 5.92 Å². The van der Waals surface area contributed by atoms with Crippen molar-refractivity contribution in [3.63, 3.8) is 0 Å². The number of ether oxygens (including phenoxy) is 1. The van der Waals surface area contributed by atoms with Crippen molar-refractivity contribution in [2.75, 3.05) is 13.7 Å². The van der Waals surface area contributed by atoms with Crippen LogP contribution in [0.25, 0.3) is 0 Å². The van der Waals surface area contributed by atoms with Crippen LogP contribution in [-0.4, -0.2) is 25.6 Å². The summed E-state index contributed by atoms with van der Waals surface area (Å²) < 4.78 is 5.55. The van der Waals surface area contributed by atoms with Crippen LogP contribution in [-0.2, 0) is 11.3 Å². The Morgan fingerprint density at radius 2 is 1.95 bits per heavy atom. The van der Waals surface area contributed by atoms with Crippen molar-refractivity contribution in [1.82, 2.24) is 10.6 Å². The largest absolute Gasteiger partial charge is 0.484 e. The second kappa shape index (κ2) is 8.03. The molecule has 1 aromatic carbocycles. The summed E-state index contributed by atoms with van der Waals surface area (Å²) in [6.07, 6.45) is 4.79. The number of amides is 1. The molecule has 0 bridgehead atoms. The zero-order chi connectivity index (χ0) is 15.1. The molecule has 21 heavy (non-hydrogen) atoms. The monoisotopic (exact) mass is 290 g/mol. The maximum Gasteiger partial charge on any atom is 0.258 e. The number of nitrogens with one attached hydrogen (secondary N) is 2. The van der Waals surface area contributed by atoms with Gasteiger partial charge in [0, 0.05) is 12.6 Å². The van der Waals surface area contributed by atoms with Gasteiger partial charge in [0.1, 0.15) is 5.75 Å². The number of hydrogen-bond acceptors (Lipinski definition) is 3. The van der Waals surface area contributed by atoms with E-state index in [0.717, 1.165) is 18.7 Å². The minimum atomic E-state index is -0.0203. The van der Waals surface area contributed by atoms with Gasteiger partial charge >= 0.3 is 0 Å². The quantitative estimate of drug-likeness (QED) is 0.846. The molecule has 1 aromatic rings. The molecule has 2 atom stereocenters. The highest BCUT2D eigenvalue weighted by atomic mass is 16.5. The molecule has 1 aliphatic rings. The van der Waals surface area contributed by atoms with Gasteiger partial charge < -0.3 is 15.4 Å². The Morgan fingerprint density at radius 1 is 1.24 bits per heavy atom. The van der Waals surface area contributed by atoms with E-state index in [-0.39, 0.29) is 12.5 Å². The van der Waals surface area contributed by atoms with Gasteiger partial charge in [-0.3, -0.25) is 4.79 Å². The molecule has 4 heteroatoms. The number of carbonyl (C=O) groups is 1. The summed E-state index contributed by atoms with van der Waals surface area (Å²) in [4.78, 5) is 12.0. The number of rotatable bonds is 6. The molecular weight excluding hydrogens is 264 g/mol. The summed E-state index contributed by atoms with van der Waals surface area (Å²) in [5.41, 5.74) is 1.20. The van der Waals surface area contributed by atoms with Crippen LogP contribution in [0, 0.1) is 5.92 Å². The SMILES string of the molecule is CNCc1ccc(OCC(=O)NC2CCCCC2C)cc1. The van der Waals surface area contributed by atoms with E-state index in [1.165, 1.54) is 24.8 Å². The third kappa shape index (κ3) is 5.05. The summed E-state index contributed by atoms with van der Waals surface area (Å²) in [6, 6.07) is 8.14. The molecule has 0 heterocycles. The Bertz CT molecular complexity index is 445. The molecule has 0 radical (unpaired) electrons. The summed E-state index contributed by atoms with van der Waals surface area (Å²) in [5, 5.41) is 6.19. The van der Waals surface area contributed by atoms with Crippen LogP contribution in [0.2, 0.25) is 0 Å². The molecule has 1 fully saturated rings. The van der Waals surface area contributed by atoms with Crippen LogP contribution in [0.3, 0.4) is 0 Å². The van der Waals surface area contributed by atoms with Gasteiger partial charge in [-0.2, -0.15) is 0 Å². The predicted molar refractivity (Wildman–Crippen MR) is 84.3 cm³/mol. The molecule has 0 saturated heterocycles. The summed E-state index contributed by atoms with van der Waals surface area (Å²) in [7, 11) is 1.92. The molecule has 1 saturated carbocycles. The van der Waals surface area contributed by atoms with E-state index in [2.05, 4.69) is 17.6 Å². The normalized spacial score (nSPS) is 21.8. The second-order valence-electron chi connectivity index (χ2n) is 5.90. The lowest BCUT2D eigenvalue weighted by molar-refractivity contribution is -0.124. The van der Waals surface area contributed by atoms with Crippen LogP contribution < -0.4 is 15.4 Å². The van der Waals surface area contributed by atoms with Gasteiger partial charge in [-0.25, -0.2) is 0 Å². The number of carbonyl (C=O) groups excluding carboxylic acids is 1. The average molecular weight is 290 g/mol. The lowest BCUT2D eigenvalue weighted by Gasteiger charge is -2.29. The molecule has 1 aliphatic carbocycles. The first-order valence-electron chi connectivity index (χ1n) is 7.84. The summed E-state index contributed by atoms with van der Waals surface area (Å²) in [5.74, 6) is 1.29. The van der Waals surface area contributed by atoms with Crippen LogP contribution in [0.4, 0.5) is 0 Å². The molecule has 4 nitrogen and oxygen atoms in total. The zero-order valence-corrected chi connectivity index (χ0v) is 13.0. The minimum absolute atomic E-state index is 0.0203. The van der Waals surface area contributed by atoms with Gasteiger partial charge in [0.25, 0.3) is 5.91 Å². The highest BCUT2D eigenvalue weighted by Crippen LogP contribution is 2.23. The van der Waals surface area contributed by atoms with Crippen molar-refractivity contribution < 1.29 is 9.53 Å². The lowest BCUT2D eigenvalue weighted by atomic mass is 9.86. The highest BCUT2D eigenvalue weighted by molar-refractivity contribution is 5.77. The molecule has 2 N–H and O–H groups in total.